The van der Waals surface area contributed by atoms with E-state index >= 15 is 0 Å². The van der Waals surface area contributed by atoms with E-state index in [1.807, 2.05) is 11.0 Å². The Balaban J connectivity index is 1.71. The molecule has 1 aromatic heterocycles. The number of nitrogens with one attached hydrogen (secondary N) is 1. The predicted octanol–water partition coefficient (Wildman–Crippen LogP) is 0.244. The van der Waals surface area contributed by atoms with E-state index in [2.05, 4.69) is 22.2 Å². The first-order valence-electron chi connectivity index (χ1n) is 8.39. The van der Waals surface area contributed by atoms with E-state index in [4.69, 9.17) is 0 Å². The van der Waals surface area contributed by atoms with E-state index in [0.717, 1.165) is 38.2 Å². The quantitative estimate of drug-likeness (QED) is 0.867. The molecule has 126 valence electrons. The van der Waals surface area contributed by atoms with Gasteiger partial charge in [-0.15, -0.1) is 0 Å². The van der Waals surface area contributed by atoms with Crippen LogP contribution in [0.1, 0.15) is 31.5 Å². The van der Waals surface area contributed by atoms with Crippen molar-refractivity contribution in [2.75, 3.05) is 33.2 Å². The molecular formula is C16H25N5O2. The molecule has 1 aromatic rings. The number of nitrogens with zero attached hydrogens (tertiary/aromatic N) is 4. The smallest absolute Gasteiger partial charge is 0.246 e. The highest BCUT2D eigenvalue weighted by molar-refractivity contribution is 5.83. The first-order valence-corrected chi connectivity index (χ1v) is 8.39. The summed E-state index contributed by atoms with van der Waals surface area (Å²) in [4.78, 5) is 29.2. The fraction of sp³-hybridized carbons (Fsp3) is 0.688. The van der Waals surface area contributed by atoms with E-state index in [1.165, 1.54) is 0 Å². The molecule has 7 nitrogen and oxygen atoms in total. The van der Waals surface area contributed by atoms with Crippen molar-refractivity contribution in [3.8, 4) is 0 Å². The molecular weight excluding hydrogens is 294 g/mol. The zero-order chi connectivity index (χ0) is 16.4. The maximum Gasteiger partial charge on any atom is 0.246 e. The molecule has 1 unspecified atom stereocenters. The van der Waals surface area contributed by atoms with Gasteiger partial charge in [-0.3, -0.25) is 14.3 Å². The number of rotatable bonds is 3. The Morgan fingerprint density at radius 3 is 2.74 bits per heavy atom. The summed E-state index contributed by atoms with van der Waals surface area (Å²) in [6.07, 6.45) is 3.51. The van der Waals surface area contributed by atoms with Gasteiger partial charge in [-0.05, 0) is 38.5 Å². The maximum absolute atomic E-state index is 12.9. The number of piperidine rings is 1. The van der Waals surface area contributed by atoms with Crippen molar-refractivity contribution in [2.24, 2.45) is 5.92 Å². The van der Waals surface area contributed by atoms with E-state index in [0.29, 0.717) is 13.1 Å². The average Bonchev–Trinajstić information content (AvgIpc) is 3.08. The van der Waals surface area contributed by atoms with Crippen LogP contribution in [0.5, 0.6) is 0 Å². The number of likely N-dealkylation sites (tertiary alicyclic amines) is 1. The van der Waals surface area contributed by atoms with Crippen molar-refractivity contribution < 1.29 is 9.59 Å². The average molecular weight is 319 g/mol. The summed E-state index contributed by atoms with van der Waals surface area (Å²) in [6.45, 7) is 6.11. The lowest BCUT2D eigenvalue weighted by atomic mass is 9.94. The second kappa shape index (κ2) is 6.70. The molecule has 1 N–H and O–H groups in total. The molecule has 3 heterocycles. The van der Waals surface area contributed by atoms with Gasteiger partial charge in [0.25, 0.3) is 0 Å². The van der Waals surface area contributed by atoms with Crippen molar-refractivity contribution in [1.82, 2.24) is 24.9 Å². The molecule has 2 aliphatic heterocycles. The summed E-state index contributed by atoms with van der Waals surface area (Å²) in [6, 6.07) is 1.45. The van der Waals surface area contributed by atoms with Gasteiger partial charge in [0, 0.05) is 19.2 Å². The van der Waals surface area contributed by atoms with Crippen LogP contribution in [-0.4, -0.2) is 64.6 Å². The number of hydrogen-bond donors (Lipinski definition) is 1. The lowest BCUT2D eigenvalue weighted by Crippen LogP contribution is -2.49. The van der Waals surface area contributed by atoms with Crippen LogP contribution in [0.4, 0.5) is 0 Å². The summed E-state index contributed by atoms with van der Waals surface area (Å²) in [5.74, 6) is 0.160. The van der Waals surface area contributed by atoms with Crippen LogP contribution in [-0.2, 0) is 16.1 Å². The monoisotopic (exact) mass is 319 g/mol. The van der Waals surface area contributed by atoms with Gasteiger partial charge in [-0.2, -0.15) is 5.10 Å². The largest absolute Gasteiger partial charge is 0.357 e. The highest BCUT2D eigenvalue weighted by atomic mass is 16.2. The second-order valence-corrected chi connectivity index (χ2v) is 6.32. The summed E-state index contributed by atoms with van der Waals surface area (Å²) in [5.41, 5.74) is 0.921. The van der Waals surface area contributed by atoms with E-state index in [-0.39, 0.29) is 17.7 Å². The minimum absolute atomic E-state index is 0.0811. The van der Waals surface area contributed by atoms with Gasteiger partial charge in [0.1, 0.15) is 6.04 Å². The number of hydrogen-bond acceptors (Lipinski definition) is 4. The van der Waals surface area contributed by atoms with Crippen LogP contribution in [0, 0.1) is 5.92 Å². The number of carbonyl (C=O) groups excluding carboxylic acids is 2. The van der Waals surface area contributed by atoms with Crippen molar-refractivity contribution >= 4 is 11.8 Å². The molecule has 23 heavy (non-hydrogen) atoms. The third kappa shape index (κ3) is 3.10. The zero-order valence-electron chi connectivity index (χ0n) is 13.9. The van der Waals surface area contributed by atoms with Gasteiger partial charge in [0.05, 0.1) is 18.8 Å². The number of fused-ring (bicyclic) bond motifs is 1. The fourth-order valence-electron chi connectivity index (χ4n) is 3.58. The van der Waals surface area contributed by atoms with Gasteiger partial charge in [-0.1, -0.05) is 6.92 Å². The van der Waals surface area contributed by atoms with Crippen LogP contribution in [0.25, 0.3) is 0 Å². The maximum atomic E-state index is 12.9. The van der Waals surface area contributed by atoms with E-state index in [1.54, 1.807) is 17.9 Å². The minimum atomic E-state index is -0.432. The van der Waals surface area contributed by atoms with Gasteiger partial charge in [0.15, 0.2) is 0 Å². The van der Waals surface area contributed by atoms with Crippen molar-refractivity contribution in [1.29, 1.82) is 0 Å². The Hall–Kier alpha value is -1.89. The van der Waals surface area contributed by atoms with E-state index < -0.39 is 6.04 Å². The van der Waals surface area contributed by atoms with Crippen LogP contribution in [0.3, 0.4) is 0 Å². The Morgan fingerprint density at radius 1 is 1.35 bits per heavy atom. The second-order valence-electron chi connectivity index (χ2n) is 6.32. The first kappa shape index (κ1) is 16.0. The molecule has 0 spiro atoms. The van der Waals surface area contributed by atoms with Crippen LogP contribution < -0.4 is 5.32 Å². The number of aromatic nitrogens is 2. The van der Waals surface area contributed by atoms with Crippen LogP contribution in [0.15, 0.2) is 12.3 Å². The molecule has 1 atom stereocenters. The molecule has 0 aliphatic carbocycles. The molecule has 1 fully saturated rings. The molecule has 0 radical (unpaired) electrons. The summed E-state index contributed by atoms with van der Waals surface area (Å²) in [5, 5.41) is 6.92. The Labute approximate surface area is 136 Å². The van der Waals surface area contributed by atoms with Crippen molar-refractivity contribution in [3.63, 3.8) is 0 Å². The third-order valence-electron chi connectivity index (χ3n) is 5.04. The third-order valence-corrected chi connectivity index (χ3v) is 5.04. The Morgan fingerprint density at radius 2 is 2.09 bits per heavy atom. The first-order chi connectivity index (χ1) is 11.1. The lowest BCUT2D eigenvalue weighted by molar-refractivity contribution is -0.140. The Kier molecular flexibility index (Phi) is 4.66. The topological polar surface area (TPSA) is 70.5 Å². The van der Waals surface area contributed by atoms with Gasteiger partial charge in [-0.25, -0.2) is 0 Å². The van der Waals surface area contributed by atoms with Crippen LogP contribution in [0.2, 0.25) is 0 Å². The SMILES string of the molecule is CCN1CCC(C(=O)N2Cc3ccnn3C(C(=O)NC)C2)CC1. The number of likely N-dealkylation sites (N-methyl/N-ethyl adjacent to an activating group) is 1. The molecule has 7 heteroatoms. The molecule has 2 amide bonds. The summed E-state index contributed by atoms with van der Waals surface area (Å²) < 4.78 is 1.74. The van der Waals surface area contributed by atoms with E-state index in [9.17, 15) is 9.59 Å². The molecule has 1 saturated heterocycles. The fourth-order valence-corrected chi connectivity index (χ4v) is 3.58. The minimum Gasteiger partial charge on any atom is -0.357 e. The summed E-state index contributed by atoms with van der Waals surface area (Å²) >= 11 is 0. The van der Waals surface area contributed by atoms with Crippen molar-refractivity contribution in [2.45, 2.75) is 32.4 Å². The van der Waals surface area contributed by atoms with Gasteiger partial charge >= 0.3 is 0 Å². The highest BCUT2D eigenvalue weighted by Gasteiger charge is 2.35. The number of amides is 2. The Bertz CT molecular complexity index is 577. The lowest BCUT2D eigenvalue weighted by Gasteiger charge is -2.37. The van der Waals surface area contributed by atoms with Gasteiger partial charge in [0.2, 0.25) is 11.8 Å². The molecule has 3 rings (SSSR count). The molecule has 0 aromatic carbocycles. The normalized spacial score (nSPS) is 22.7. The summed E-state index contributed by atoms with van der Waals surface area (Å²) in [7, 11) is 1.62. The number of carbonyl (C=O) groups is 2. The molecule has 0 saturated carbocycles. The predicted molar refractivity (Wildman–Crippen MR) is 85.6 cm³/mol. The van der Waals surface area contributed by atoms with Crippen molar-refractivity contribution in [3.05, 3.63) is 18.0 Å². The molecule has 2 aliphatic rings. The molecule has 0 bridgehead atoms. The standard InChI is InChI=1S/C16H25N5O2/c1-3-19-8-5-12(6-9-19)16(23)20-10-13-4-7-18-21(13)14(11-20)15(22)17-2/h4,7,12,14H,3,5-6,8-11H2,1-2H3,(H,17,22). The van der Waals surface area contributed by atoms with Crippen LogP contribution >= 0.6 is 0 Å². The highest BCUT2D eigenvalue weighted by Crippen LogP contribution is 2.25. The van der Waals surface area contributed by atoms with Gasteiger partial charge < -0.3 is 15.1 Å². The zero-order valence-corrected chi connectivity index (χ0v) is 13.9.